The minimum Gasteiger partial charge on any atom is -0.356 e. The molecule has 6 heavy (non-hydrogen) atoms. The second-order valence-corrected chi connectivity index (χ2v) is 1.12. The van der Waals surface area contributed by atoms with Gasteiger partial charge in [-0.3, -0.25) is 0 Å². The van der Waals surface area contributed by atoms with Crippen LogP contribution >= 0.6 is 11.6 Å². The van der Waals surface area contributed by atoms with E-state index >= 15 is 0 Å². The van der Waals surface area contributed by atoms with Crippen LogP contribution in [0.5, 0.6) is 0 Å². The molecule has 0 aliphatic rings. The monoisotopic (exact) mass is 110 g/mol. The molecule has 0 radical (unpaired) electrons. The fourth-order valence-corrected chi connectivity index (χ4v) is 0.264. The van der Waals surface area contributed by atoms with Crippen molar-refractivity contribution in [1.82, 2.24) is 0 Å². The Morgan fingerprint density at radius 1 is 2.00 bits per heavy atom. The van der Waals surface area contributed by atoms with E-state index in [1.807, 2.05) is 0 Å². The average molecular weight is 111 g/mol. The molecule has 0 amide bonds. The van der Waals surface area contributed by atoms with E-state index in [2.05, 4.69) is 4.74 Å². The Labute approximate surface area is 41.7 Å². The van der Waals surface area contributed by atoms with Gasteiger partial charge in [0.25, 0.3) is 0 Å². The van der Waals surface area contributed by atoms with Gasteiger partial charge in [-0.1, -0.05) is 11.6 Å². The number of hydrogen-bond acceptors (Lipinski definition) is 2. The van der Waals surface area contributed by atoms with Gasteiger partial charge in [0.15, 0.2) is 0 Å². The summed E-state index contributed by atoms with van der Waals surface area (Å²) < 4.78 is 4.36. The van der Waals surface area contributed by atoms with Crippen LogP contribution in [-0.2, 0) is 4.74 Å². The third-order valence-electron chi connectivity index (χ3n) is 0.304. The van der Waals surface area contributed by atoms with Crippen molar-refractivity contribution in [3.8, 4) is 0 Å². The van der Waals surface area contributed by atoms with Gasteiger partial charge >= 0.3 is 0 Å². The van der Waals surface area contributed by atoms with Gasteiger partial charge in [-0.25, -0.2) is 0 Å². The summed E-state index contributed by atoms with van der Waals surface area (Å²) in [6.45, 7) is 2.20. The van der Waals surface area contributed by atoms with Crippen molar-refractivity contribution in [2.45, 2.75) is 12.7 Å². The van der Waals surface area contributed by atoms with Crippen LogP contribution in [0, 0.1) is 0 Å². The van der Waals surface area contributed by atoms with Gasteiger partial charge in [-0.2, -0.15) is 0 Å². The molecular formula is C3H7ClO2. The molecule has 0 bridgehead atoms. The second-order valence-electron chi connectivity index (χ2n) is 0.747. The number of aliphatic hydroxyl groups excluding tert-OH is 1. The van der Waals surface area contributed by atoms with Gasteiger partial charge in [0.1, 0.15) is 0 Å². The number of aliphatic hydroxyl groups is 1. The van der Waals surface area contributed by atoms with Crippen LogP contribution < -0.4 is 0 Å². The molecule has 38 valence electrons. The first-order chi connectivity index (χ1) is 2.77. The predicted molar refractivity (Wildman–Crippen MR) is 23.5 cm³/mol. The Morgan fingerprint density at radius 2 is 2.50 bits per heavy atom. The summed E-state index contributed by atoms with van der Waals surface area (Å²) >= 11 is 4.91. The molecule has 1 N–H and O–H groups in total. The highest BCUT2D eigenvalue weighted by atomic mass is 35.5. The number of alkyl halides is 1. The average Bonchev–Trinajstić information content (AvgIpc) is 1.35. The van der Waals surface area contributed by atoms with Crippen molar-refractivity contribution in [3.63, 3.8) is 0 Å². The quantitative estimate of drug-likeness (QED) is 0.415. The van der Waals surface area contributed by atoms with Crippen LogP contribution in [0.3, 0.4) is 0 Å². The highest BCUT2D eigenvalue weighted by Crippen LogP contribution is 1.88. The van der Waals surface area contributed by atoms with E-state index in [0.717, 1.165) is 0 Å². The van der Waals surface area contributed by atoms with E-state index in [9.17, 15) is 0 Å². The first kappa shape index (κ1) is 6.21. The standard InChI is InChI=1S/C3H7ClO2/c1-2-6-3(4)5/h3,5H,2H2,1H3. The highest BCUT2D eigenvalue weighted by Gasteiger charge is 1.88. The molecule has 0 heterocycles. The van der Waals surface area contributed by atoms with Crippen molar-refractivity contribution in [3.05, 3.63) is 0 Å². The van der Waals surface area contributed by atoms with E-state index < -0.39 is 5.75 Å². The molecule has 0 saturated heterocycles. The van der Waals surface area contributed by atoms with Gasteiger partial charge in [0.2, 0.25) is 5.75 Å². The molecule has 0 aromatic heterocycles. The zero-order valence-corrected chi connectivity index (χ0v) is 4.27. The third kappa shape index (κ3) is 4.21. The van der Waals surface area contributed by atoms with Crippen LogP contribution in [-0.4, -0.2) is 17.5 Å². The van der Waals surface area contributed by atoms with Crippen molar-refractivity contribution in [2.75, 3.05) is 6.61 Å². The van der Waals surface area contributed by atoms with Crippen LogP contribution in [0.1, 0.15) is 6.92 Å². The lowest BCUT2D eigenvalue weighted by atomic mass is 10.9. The summed E-state index contributed by atoms with van der Waals surface area (Å²) in [5.41, 5.74) is 0. The molecule has 2 nitrogen and oxygen atoms in total. The second kappa shape index (κ2) is 3.40. The molecule has 1 atom stereocenters. The van der Waals surface area contributed by atoms with E-state index in [-0.39, 0.29) is 0 Å². The summed E-state index contributed by atoms with van der Waals surface area (Å²) in [4.78, 5) is 0. The van der Waals surface area contributed by atoms with Gasteiger partial charge in [0, 0.05) is 6.61 Å². The van der Waals surface area contributed by atoms with Crippen molar-refractivity contribution in [2.24, 2.45) is 0 Å². The Hall–Kier alpha value is 0.210. The number of ether oxygens (including phenoxy) is 1. The van der Waals surface area contributed by atoms with Crippen molar-refractivity contribution >= 4 is 11.6 Å². The first-order valence-corrected chi connectivity index (χ1v) is 2.14. The molecule has 0 aliphatic carbocycles. The van der Waals surface area contributed by atoms with E-state index in [0.29, 0.717) is 6.61 Å². The molecule has 0 fully saturated rings. The van der Waals surface area contributed by atoms with Crippen molar-refractivity contribution in [1.29, 1.82) is 0 Å². The SMILES string of the molecule is CCOC(O)Cl. The molecule has 0 spiro atoms. The van der Waals surface area contributed by atoms with Crippen LogP contribution in [0.15, 0.2) is 0 Å². The van der Waals surface area contributed by atoms with Crippen LogP contribution in [0.4, 0.5) is 0 Å². The molecule has 0 rings (SSSR count). The maximum atomic E-state index is 8.10. The first-order valence-electron chi connectivity index (χ1n) is 1.71. The summed E-state index contributed by atoms with van der Waals surface area (Å²) in [6, 6.07) is 0. The highest BCUT2D eigenvalue weighted by molar-refractivity contribution is 6.18. The van der Waals surface area contributed by atoms with Gasteiger partial charge in [0.05, 0.1) is 0 Å². The van der Waals surface area contributed by atoms with Gasteiger partial charge in [-0.15, -0.1) is 0 Å². The summed E-state index contributed by atoms with van der Waals surface area (Å²) in [5, 5.41) is 8.10. The predicted octanol–water partition coefficient (Wildman–Crippen LogP) is 0.538. The zero-order chi connectivity index (χ0) is 4.99. The van der Waals surface area contributed by atoms with E-state index in [1.54, 1.807) is 6.92 Å². The Morgan fingerprint density at radius 3 is 2.50 bits per heavy atom. The molecule has 0 aliphatic heterocycles. The molecule has 1 unspecified atom stereocenters. The normalized spacial score (nSPS) is 14.5. The maximum absolute atomic E-state index is 8.10. The minimum atomic E-state index is -1.13. The summed E-state index contributed by atoms with van der Waals surface area (Å²) in [7, 11) is 0. The van der Waals surface area contributed by atoms with Gasteiger partial charge in [-0.05, 0) is 6.92 Å². The number of hydrogen-bond donors (Lipinski definition) is 1. The minimum absolute atomic E-state index is 0.449. The third-order valence-corrected chi connectivity index (χ3v) is 0.430. The maximum Gasteiger partial charge on any atom is 0.234 e. The Kier molecular flexibility index (Phi) is 3.52. The largest absolute Gasteiger partial charge is 0.356 e. The molecule has 0 aromatic rings. The fourth-order valence-electron chi connectivity index (χ4n) is 0.138. The Bertz CT molecular complexity index is 30.0. The lowest BCUT2D eigenvalue weighted by molar-refractivity contribution is -0.0324. The smallest absolute Gasteiger partial charge is 0.234 e. The number of halogens is 1. The lowest BCUT2D eigenvalue weighted by Gasteiger charge is -1.96. The van der Waals surface area contributed by atoms with E-state index in [4.69, 9.17) is 16.7 Å². The molecule has 3 heteroatoms. The van der Waals surface area contributed by atoms with Crippen molar-refractivity contribution < 1.29 is 9.84 Å². The van der Waals surface area contributed by atoms with Crippen LogP contribution in [0.2, 0.25) is 0 Å². The topological polar surface area (TPSA) is 29.5 Å². The van der Waals surface area contributed by atoms with Crippen LogP contribution in [0.25, 0.3) is 0 Å². The molecule has 0 saturated carbocycles. The summed E-state index contributed by atoms with van der Waals surface area (Å²) in [5.74, 6) is -1.13. The van der Waals surface area contributed by atoms with E-state index in [1.165, 1.54) is 0 Å². The molecular weight excluding hydrogens is 103 g/mol. The molecule has 0 aromatic carbocycles. The lowest BCUT2D eigenvalue weighted by Crippen LogP contribution is -2.00. The van der Waals surface area contributed by atoms with Gasteiger partial charge < -0.3 is 9.84 Å². The summed E-state index contributed by atoms with van der Waals surface area (Å²) in [6.07, 6.45) is 0. The number of rotatable bonds is 2. The Balaban J connectivity index is 2.63. The zero-order valence-electron chi connectivity index (χ0n) is 3.52. The fraction of sp³-hybridized carbons (Fsp3) is 1.00.